The Labute approximate surface area is 104 Å². The molecule has 0 aliphatic heterocycles. The summed E-state index contributed by atoms with van der Waals surface area (Å²) in [5.74, 6) is 0.998. The Morgan fingerprint density at radius 3 is 2.56 bits per heavy atom. The maximum Gasteiger partial charge on any atom is 0.122 e. The lowest BCUT2D eigenvalue weighted by molar-refractivity contribution is 0.408. The number of hydrogen-bond acceptors (Lipinski definition) is 1. The molecule has 1 unspecified atom stereocenters. The van der Waals surface area contributed by atoms with E-state index in [9.17, 15) is 0 Å². The fourth-order valence-corrected chi connectivity index (χ4v) is 2.08. The van der Waals surface area contributed by atoms with Crippen LogP contribution in [-0.2, 0) is 6.42 Å². The van der Waals surface area contributed by atoms with Crippen LogP contribution in [0, 0.1) is 13.8 Å². The minimum Gasteiger partial charge on any atom is -0.496 e. The van der Waals surface area contributed by atoms with E-state index >= 15 is 0 Å². The Morgan fingerprint density at radius 2 is 2.00 bits per heavy atom. The summed E-state index contributed by atoms with van der Waals surface area (Å²) in [5, 5.41) is 0.269. The Hall–Kier alpha value is -0.690. The van der Waals surface area contributed by atoms with Gasteiger partial charge in [-0.25, -0.2) is 0 Å². The number of aryl methyl sites for hydroxylation is 2. The molecule has 1 rings (SSSR count). The highest BCUT2D eigenvalue weighted by molar-refractivity contribution is 6.20. The molecule has 0 aliphatic rings. The van der Waals surface area contributed by atoms with Gasteiger partial charge in [-0.1, -0.05) is 13.0 Å². The summed E-state index contributed by atoms with van der Waals surface area (Å²) in [4.78, 5) is 0. The van der Waals surface area contributed by atoms with Gasteiger partial charge < -0.3 is 4.74 Å². The first kappa shape index (κ1) is 13.4. The molecule has 0 fully saturated rings. The van der Waals surface area contributed by atoms with Gasteiger partial charge >= 0.3 is 0 Å². The average Bonchev–Trinajstić information content (AvgIpc) is 2.26. The Morgan fingerprint density at radius 1 is 1.31 bits per heavy atom. The molecule has 1 aromatic rings. The van der Waals surface area contributed by atoms with Crippen LogP contribution >= 0.6 is 11.6 Å². The van der Waals surface area contributed by atoms with E-state index in [1.165, 1.54) is 16.7 Å². The van der Waals surface area contributed by atoms with Crippen molar-refractivity contribution in [3.63, 3.8) is 0 Å². The van der Waals surface area contributed by atoms with Gasteiger partial charge in [-0.15, -0.1) is 11.6 Å². The Bertz CT molecular complexity index is 347. The second-order valence-electron chi connectivity index (χ2n) is 4.31. The standard InChI is InChI=1S/C14H21ClO/c1-5-12(15)6-7-13-11(3)8-10(2)9-14(13)16-4/h8-9,12H,5-7H2,1-4H3. The zero-order chi connectivity index (χ0) is 12.1. The van der Waals surface area contributed by atoms with Crippen LogP contribution in [0.1, 0.15) is 36.5 Å². The maximum atomic E-state index is 6.15. The van der Waals surface area contributed by atoms with Crippen molar-refractivity contribution in [1.82, 2.24) is 0 Å². The van der Waals surface area contributed by atoms with Crippen molar-refractivity contribution >= 4 is 11.6 Å². The lowest BCUT2D eigenvalue weighted by Gasteiger charge is -2.14. The number of ether oxygens (including phenoxy) is 1. The zero-order valence-electron chi connectivity index (χ0n) is 10.6. The van der Waals surface area contributed by atoms with E-state index in [2.05, 4.69) is 32.9 Å². The number of halogens is 1. The fraction of sp³-hybridized carbons (Fsp3) is 0.571. The van der Waals surface area contributed by atoms with E-state index in [1.54, 1.807) is 7.11 Å². The predicted molar refractivity (Wildman–Crippen MR) is 70.7 cm³/mol. The van der Waals surface area contributed by atoms with E-state index in [-0.39, 0.29) is 5.38 Å². The molecule has 0 saturated heterocycles. The number of rotatable bonds is 5. The zero-order valence-corrected chi connectivity index (χ0v) is 11.4. The second-order valence-corrected chi connectivity index (χ2v) is 4.92. The average molecular weight is 241 g/mol. The van der Waals surface area contributed by atoms with Crippen molar-refractivity contribution in [2.45, 2.75) is 45.4 Å². The van der Waals surface area contributed by atoms with E-state index in [1.807, 2.05) is 0 Å². The van der Waals surface area contributed by atoms with Crippen LogP contribution in [0.3, 0.4) is 0 Å². The molecule has 0 radical (unpaired) electrons. The molecular formula is C14H21ClO. The van der Waals surface area contributed by atoms with Gasteiger partial charge in [0.15, 0.2) is 0 Å². The molecule has 0 amide bonds. The maximum absolute atomic E-state index is 6.15. The lowest BCUT2D eigenvalue weighted by Crippen LogP contribution is -2.02. The van der Waals surface area contributed by atoms with Crippen LogP contribution in [0.25, 0.3) is 0 Å². The van der Waals surface area contributed by atoms with Crippen molar-refractivity contribution in [3.05, 3.63) is 28.8 Å². The molecule has 0 N–H and O–H groups in total. The van der Waals surface area contributed by atoms with Gasteiger partial charge in [0, 0.05) is 5.38 Å². The van der Waals surface area contributed by atoms with E-state index in [0.29, 0.717) is 0 Å². The molecule has 0 heterocycles. The van der Waals surface area contributed by atoms with Gasteiger partial charge in [-0.2, -0.15) is 0 Å². The largest absolute Gasteiger partial charge is 0.496 e. The number of benzene rings is 1. The SMILES string of the molecule is CCC(Cl)CCc1c(C)cc(C)cc1OC. The molecule has 0 saturated carbocycles. The monoisotopic (exact) mass is 240 g/mol. The summed E-state index contributed by atoms with van der Waals surface area (Å²) in [6, 6.07) is 4.30. The molecule has 1 aromatic carbocycles. The third-order valence-corrected chi connectivity index (χ3v) is 3.47. The van der Waals surface area contributed by atoms with Gasteiger partial charge in [-0.3, -0.25) is 0 Å². The van der Waals surface area contributed by atoms with Crippen molar-refractivity contribution in [2.75, 3.05) is 7.11 Å². The Kier molecular flexibility index (Phi) is 5.14. The molecule has 0 bridgehead atoms. The summed E-state index contributed by atoms with van der Waals surface area (Å²) < 4.78 is 5.43. The van der Waals surface area contributed by atoms with Crippen LogP contribution in [0.15, 0.2) is 12.1 Å². The van der Waals surface area contributed by atoms with Crippen molar-refractivity contribution in [3.8, 4) is 5.75 Å². The van der Waals surface area contributed by atoms with Crippen molar-refractivity contribution in [2.24, 2.45) is 0 Å². The first-order valence-corrected chi connectivity index (χ1v) is 6.30. The number of methoxy groups -OCH3 is 1. The molecule has 2 heteroatoms. The molecule has 1 atom stereocenters. The van der Waals surface area contributed by atoms with E-state index < -0.39 is 0 Å². The topological polar surface area (TPSA) is 9.23 Å². The molecule has 1 nitrogen and oxygen atoms in total. The minimum atomic E-state index is 0.269. The smallest absolute Gasteiger partial charge is 0.122 e. The summed E-state index contributed by atoms with van der Waals surface area (Å²) >= 11 is 6.15. The fourth-order valence-electron chi connectivity index (χ4n) is 1.97. The van der Waals surface area contributed by atoms with Crippen LogP contribution in [0.4, 0.5) is 0 Å². The normalized spacial score (nSPS) is 12.6. The summed E-state index contributed by atoms with van der Waals surface area (Å²) in [6.07, 6.45) is 3.03. The first-order valence-electron chi connectivity index (χ1n) is 5.86. The number of hydrogen-bond donors (Lipinski definition) is 0. The quantitative estimate of drug-likeness (QED) is 0.699. The third-order valence-electron chi connectivity index (χ3n) is 2.95. The summed E-state index contributed by atoms with van der Waals surface area (Å²) in [6.45, 7) is 6.35. The van der Waals surface area contributed by atoms with Gasteiger partial charge in [0.1, 0.15) is 5.75 Å². The van der Waals surface area contributed by atoms with Crippen LogP contribution in [0.5, 0.6) is 5.75 Å². The molecule has 0 aliphatic carbocycles. The van der Waals surface area contributed by atoms with Crippen LogP contribution in [0.2, 0.25) is 0 Å². The highest BCUT2D eigenvalue weighted by Gasteiger charge is 2.09. The number of alkyl halides is 1. The highest BCUT2D eigenvalue weighted by atomic mass is 35.5. The molecule has 16 heavy (non-hydrogen) atoms. The van der Waals surface area contributed by atoms with Crippen LogP contribution in [-0.4, -0.2) is 12.5 Å². The van der Waals surface area contributed by atoms with Crippen molar-refractivity contribution in [1.29, 1.82) is 0 Å². The van der Waals surface area contributed by atoms with E-state index in [4.69, 9.17) is 16.3 Å². The van der Waals surface area contributed by atoms with Gasteiger partial charge in [-0.05, 0) is 55.9 Å². The minimum absolute atomic E-state index is 0.269. The second kappa shape index (κ2) is 6.15. The van der Waals surface area contributed by atoms with Gasteiger partial charge in [0.25, 0.3) is 0 Å². The first-order chi connectivity index (χ1) is 7.58. The highest BCUT2D eigenvalue weighted by Crippen LogP contribution is 2.26. The molecular weight excluding hydrogens is 220 g/mol. The third kappa shape index (κ3) is 3.41. The predicted octanol–water partition coefficient (Wildman–Crippen LogP) is 4.26. The molecule has 0 aromatic heterocycles. The lowest BCUT2D eigenvalue weighted by atomic mass is 9.99. The summed E-state index contributed by atoms with van der Waals surface area (Å²) in [7, 11) is 1.73. The molecule has 90 valence electrons. The van der Waals surface area contributed by atoms with E-state index in [0.717, 1.165) is 25.0 Å². The van der Waals surface area contributed by atoms with Crippen LogP contribution < -0.4 is 4.74 Å². The van der Waals surface area contributed by atoms with Crippen molar-refractivity contribution < 1.29 is 4.74 Å². The Balaban J connectivity index is 2.85. The molecule has 0 spiro atoms. The van der Waals surface area contributed by atoms with Gasteiger partial charge in [0.05, 0.1) is 7.11 Å². The summed E-state index contributed by atoms with van der Waals surface area (Å²) in [5.41, 5.74) is 3.85. The van der Waals surface area contributed by atoms with Gasteiger partial charge in [0.2, 0.25) is 0 Å².